The summed E-state index contributed by atoms with van der Waals surface area (Å²) in [5.41, 5.74) is 7.36. The number of carbonyl (C=O) groups is 2. The van der Waals surface area contributed by atoms with E-state index in [0.717, 1.165) is 18.5 Å². The number of nitrogens with two attached hydrogens (primary N) is 2. The van der Waals surface area contributed by atoms with Gasteiger partial charge in [0, 0.05) is 62.0 Å². The van der Waals surface area contributed by atoms with Gasteiger partial charge in [0.25, 0.3) is 0 Å². The molecule has 0 spiro atoms. The number of anilines is 1. The van der Waals surface area contributed by atoms with Gasteiger partial charge in [0.15, 0.2) is 0 Å². The van der Waals surface area contributed by atoms with Crippen molar-refractivity contribution in [2.24, 2.45) is 22.9 Å². The van der Waals surface area contributed by atoms with Crippen LogP contribution in [0.25, 0.3) is 0 Å². The second-order valence-corrected chi connectivity index (χ2v) is 10.8. The van der Waals surface area contributed by atoms with Gasteiger partial charge >= 0.3 is 0 Å². The van der Waals surface area contributed by atoms with E-state index >= 15 is 0 Å². The van der Waals surface area contributed by atoms with Crippen LogP contribution in [0.2, 0.25) is 0 Å². The van der Waals surface area contributed by atoms with Crippen LogP contribution in [0.15, 0.2) is 36.4 Å². The maximum Gasteiger partial charge on any atom is 0.248 e. The lowest BCUT2D eigenvalue weighted by Crippen LogP contribution is -2.63. The number of amides is 2. The summed E-state index contributed by atoms with van der Waals surface area (Å²) in [5, 5.41) is 14.8. The molecule has 3 unspecified atom stereocenters. The van der Waals surface area contributed by atoms with Gasteiger partial charge in [-0.05, 0) is 30.4 Å². The first kappa shape index (κ1) is 24.3. The molecule has 3 atom stereocenters. The molecule has 1 aromatic heterocycles. The maximum atomic E-state index is 13.7. The van der Waals surface area contributed by atoms with Crippen LogP contribution in [0.3, 0.4) is 0 Å². The normalized spacial score (nSPS) is 24.6. The predicted molar refractivity (Wildman–Crippen MR) is 129 cm³/mol. The highest BCUT2D eigenvalue weighted by Crippen LogP contribution is 2.35. The molecule has 186 valence electrons. The molecule has 10 heteroatoms. The molecule has 2 saturated heterocycles. The van der Waals surface area contributed by atoms with Gasteiger partial charge in [-0.15, -0.1) is 0 Å². The highest BCUT2D eigenvalue weighted by atomic mass is 16.3. The molecule has 10 nitrogen and oxygen atoms in total. The second-order valence-electron chi connectivity index (χ2n) is 10.8. The Morgan fingerprint density at radius 1 is 1.24 bits per heavy atom. The summed E-state index contributed by atoms with van der Waals surface area (Å²) in [5.74, 6) is 6.13. The second kappa shape index (κ2) is 9.42. The first-order chi connectivity index (χ1) is 16.0. The molecule has 4 rings (SSSR count). The third kappa shape index (κ3) is 5.28. The van der Waals surface area contributed by atoms with Gasteiger partial charge in [-0.3, -0.25) is 14.6 Å². The summed E-state index contributed by atoms with van der Waals surface area (Å²) in [6.45, 7) is 7.27. The summed E-state index contributed by atoms with van der Waals surface area (Å²) in [6, 6.07) is 2.39. The molecule has 3 aliphatic rings. The molecule has 0 aromatic carbocycles. The number of aromatic nitrogens is 1. The van der Waals surface area contributed by atoms with Crippen LogP contribution in [0.4, 0.5) is 5.69 Å². The molecule has 1 saturated carbocycles. The number of hydrogen-bond acceptors (Lipinski definition) is 8. The van der Waals surface area contributed by atoms with Crippen molar-refractivity contribution >= 4 is 17.5 Å². The summed E-state index contributed by atoms with van der Waals surface area (Å²) in [4.78, 5) is 34.5. The third-order valence-electron chi connectivity index (χ3n) is 6.82. The summed E-state index contributed by atoms with van der Waals surface area (Å²) < 4.78 is 0. The molecule has 2 aliphatic heterocycles. The molecule has 2 amide bonds. The lowest BCUT2D eigenvalue weighted by molar-refractivity contribution is -0.145. The van der Waals surface area contributed by atoms with Crippen molar-refractivity contribution in [1.29, 1.82) is 0 Å². The Kier molecular flexibility index (Phi) is 6.73. The molecule has 0 radical (unpaired) electrons. The van der Waals surface area contributed by atoms with Gasteiger partial charge in [-0.2, -0.15) is 0 Å². The van der Waals surface area contributed by atoms with Crippen LogP contribution < -0.4 is 21.8 Å². The van der Waals surface area contributed by atoms with E-state index in [-0.39, 0.29) is 30.8 Å². The van der Waals surface area contributed by atoms with Crippen LogP contribution in [0, 0.1) is 11.3 Å². The van der Waals surface area contributed by atoms with Crippen LogP contribution >= 0.6 is 0 Å². The van der Waals surface area contributed by atoms with Crippen molar-refractivity contribution in [2.45, 2.75) is 64.3 Å². The largest absolute Gasteiger partial charge is 0.401 e. The van der Waals surface area contributed by atoms with E-state index in [9.17, 15) is 14.7 Å². The number of nitrogens with zero attached hydrogens (tertiary/aromatic N) is 4. The fourth-order valence-corrected chi connectivity index (χ4v) is 4.81. The zero-order chi connectivity index (χ0) is 24.6. The molecule has 0 bridgehead atoms. The van der Waals surface area contributed by atoms with E-state index in [0.29, 0.717) is 24.7 Å². The van der Waals surface area contributed by atoms with Gasteiger partial charge in [-0.25, -0.2) is 5.84 Å². The number of hydrazine groups is 1. The molecule has 3 fully saturated rings. The van der Waals surface area contributed by atoms with E-state index < -0.39 is 23.6 Å². The average molecular weight is 472 g/mol. The minimum Gasteiger partial charge on any atom is -0.401 e. The fourth-order valence-electron chi connectivity index (χ4n) is 4.81. The Morgan fingerprint density at radius 3 is 2.47 bits per heavy atom. The topological polar surface area (TPSA) is 141 Å². The zero-order valence-electron chi connectivity index (χ0n) is 20.2. The number of β-amino-alcohol motifs (C(OH)–C–C–N with tert-alkyl or cyclic N) is 1. The van der Waals surface area contributed by atoms with Crippen LogP contribution in [0.1, 0.15) is 40.0 Å². The van der Waals surface area contributed by atoms with Gasteiger partial charge in [0.05, 0.1) is 12.1 Å². The Morgan fingerprint density at radius 2 is 1.88 bits per heavy atom. The molecule has 1 aliphatic carbocycles. The lowest BCUT2D eigenvalue weighted by Gasteiger charge is -2.42. The van der Waals surface area contributed by atoms with Crippen LogP contribution in [-0.2, 0) is 9.59 Å². The number of allylic oxidation sites excluding steroid dienone is 1. The predicted octanol–water partition coefficient (Wildman–Crippen LogP) is 0.149. The lowest BCUT2D eigenvalue weighted by atomic mass is 9.85. The van der Waals surface area contributed by atoms with E-state index in [1.54, 1.807) is 18.6 Å². The molecule has 3 heterocycles. The number of likely N-dealkylation sites (tertiary alicyclic amines) is 1. The quantitative estimate of drug-likeness (QED) is 0.325. The molecule has 6 N–H and O–H groups in total. The molecule has 1 aromatic rings. The zero-order valence-corrected chi connectivity index (χ0v) is 20.2. The number of carbonyl (C=O) groups excluding carboxylic acids is 2. The Hall–Kier alpha value is -2.85. The third-order valence-corrected chi connectivity index (χ3v) is 6.82. The van der Waals surface area contributed by atoms with Gasteiger partial charge in [0.1, 0.15) is 12.1 Å². The monoisotopic (exact) mass is 471 g/mol. The van der Waals surface area contributed by atoms with E-state index in [1.807, 2.05) is 32.9 Å². The van der Waals surface area contributed by atoms with Crippen molar-refractivity contribution < 1.29 is 14.7 Å². The van der Waals surface area contributed by atoms with E-state index in [4.69, 9.17) is 11.6 Å². The number of aliphatic hydroxyl groups excluding tert-OH is 1. The number of rotatable bonds is 7. The summed E-state index contributed by atoms with van der Waals surface area (Å²) in [7, 11) is 0. The van der Waals surface area contributed by atoms with Crippen molar-refractivity contribution in [3.63, 3.8) is 0 Å². The minimum absolute atomic E-state index is 0.0129. The smallest absolute Gasteiger partial charge is 0.248 e. The standard InChI is InChI=1S/C24H37N7O3/c1-24(2,3)21(31(26)14-19(25)15-4-5-15)23(34)30-13-18(32)10-20(30)22(33)28-16-11-29(12-16)17-6-8-27-9-7-17/h6-9,14-16,18,20-21,32H,4-5,10-13,25-26H2,1-3H3,(H,28,33)/b19-14-. The first-order valence-corrected chi connectivity index (χ1v) is 12.0. The first-order valence-electron chi connectivity index (χ1n) is 12.0. The van der Waals surface area contributed by atoms with Crippen molar-refractivity contribution in [1.82, 2.24) is 20.2 Å². The fraction of sp³-hybridized carbons (Fsp3) is 0.625. The van der Waals surface area contributed by atoms with Gasteiger partial charge in [-0.1, -0.05) is 20.8 Å². The van der Waals surface area contributed by atoms with Gasteiger partial charge in [0.2, 0.25) is 11.8 Å². The number of pyridine rings is 1. The maximum absolute atomic E-state index is 13.7. The molecular formula is C24H37N7O3. The summed E-state index contributed by atoms with van der Waals surface area (Å²) in [6.07, 6.45) is 6.65. The van der Waals surface area contributed by atoms with Crippen LogP contribution in [0.5, 0.6) is 0 Å². The molecule has 34 heavy (non-hydrogen) atoms. The van der Waals surface area contributed by atoms with Crippen molar-refractivity contribution in [2.75, 3.05) is 24.5 Å². The Bertz CT molecular complexity index is 922. The SMILES string of the molecule is CC(C)(C)C(C(=O)N1CC(O)CC1C(=O)NC1CN(c2ccncc2)C1)N(N)/C=C(\N)C1CC1. The van der Waals surface area contributed by atoms with Gasteiger partial charge < -0.3 is 31.0 Å². The molecular weight excluding hydrogens is 434 g/mol. The average Bonchev–Trinajstić information content (AvgIpc) is 3.51. The number of aliphatic hydroxyl groups is 1. The number of nitrogens with one attached hydrogen (secondary N) is 1. The Labute approximate surface area is 200 Å². The van der Waals surface area contributed by atoms with Crippen LogP contribution in [-0.4, -0.2) is 75.7 Å². The highest BCUT2D eigenvalue weighted by molar-refractivity contribution is 5.91. The highest BCUT2D eigenvalue weighted by Gasteiger charge is 2.46. The van der Waals surface area contributed by atoms with Crippen molar-refractivity contribution in [3.05, 3.63) is 36.4 Å². The Balaban J connectivity index is 1.42. The van der Waals surface area contributed by atoms with E-state index in [2.05, 4.69) is 15.2 Å². The summed E-state index contributed by atoms with van der Waals surface area (Å²) >= 11 is 0. The minimum atomic E-state index is -0.756. The van der Waals surface area contributed by atoms with E-state index in [1.165, 1.54) is 9.91 Å². The van der Waals surface area contributed by atoms with Crippen molar-refractivity contribution in [3.8, 4) is 0 Å². The number of hydrogen-bond donors (Lipinski definition) is 4.